The second-order valence-corrected chi connectivity index (χ2v) is 6.57. The Hall–Kier alpha value is -3.48. The van der Waals surface area contributed by atoms with E-state index >= 15 is 0 Å². The second-order valence-electron chi connectivity index (χ2n) is 6.57. The van der Waals surface area contributed by atoms with E-state index in [1.165, 1.54) is 0 Å². The summed E-state index contributed by atoms with van der Waals surface area (Å²) >= 11 is 0. The van der Waals surface area contributed by atoms with Gasteiger partial charge in [-0.1, -0.05) is 25.1 Å². The van der Waals surface area contributed by atoms with E-state index in [1.54, 1.807) is 48.2 Å². The fourth-order valence-corrected chi connectivity index (χ4v) is 2.82. The Bertz CT molecular complexity index is 962. The van der Waals surface area contributed by atoms with Crippen LogP contribution in [0.2, 0.25) is 0 Å². The van der Waals surface area contributed by atoms with Gasteiger partial charge in [-0.25, -0.2) is 9.67 Å². The molecule has 0 saturated heterocycles. The van der Waals surface area contributed by atoms with Gasteiger partial charge >= 0.3 is 0 Å². The highest BCUT2D eigenvalue weighted by atomic mass is 16.2. The molecule has 0 aliphatic rings. The number of nitrogens with zero attached hydrogens (tertiary/aromatic N) is 4. The topological polar surface area (TPSA) is 80.1 Å². The van der Waals surface area contributed by atoms with Crippen LogP contribution >= 0.6 is 0 Å². The predicted molar refractivity (Wildman–Crippen MR) is 108 cm³/mol. The summed E-state index contributed by atoms with van der Waals surface area (Å²) in [5, 5.41) is 7.23. The fraction of sp³-hybridized carbons (Fsp3) is 0.238. The first-order chi connectivity index (χ1) is 13.5. The molecular formula is C21H23N5O2. The Morgan fingerprint density at radius 2 is 1.86 bits per heavy atom. The largest absolute Gasteiger partial charge is 0.349 e. The number of carbonyl (C=O) groups is 2. The molecular weight excluding hydrogens is 354 g/mol. The molecule has 0 saturated carbocycles. The van der Waals surface area contributed by atoms with Crippen molar-refractivity contribution in [2.75, 3.05) is 19.4 Å². The summed E-state index contributed by atoms with van der Waals surface area (Å²) in [4.78, 5) is 30.4. The highest BCUT2D eigenvalue weighted by Crippen LogP contribution is 2.17. The zero-order chi connectivity index (χ0) is 20.1. The molecule has 0 atom stereocenters. The van der Waals surface area contributed by atoms with Crippen LogP contribution in [0.4, 0.5) is 5.69 Å². The molecule has 0 aliphatic carbocycles. The molecule has 2 heterocycles. The van der Waals surface area contributed by atoms with Crippen molar-refractivity contribution in [1.29, 1.82) is 0 Å². The molecule has 0 spiro atoms. The lowest BCUT2D eigenvalue weighted by molar-refractivity contribution is -0.127. The van der Waals surface area contributed by atoms with Gasteiger partial charge in [0.15, 0.2) is 5.82 Å². The number of aromatic nitrogens is 3. The lowest BCUT2D eigenvalue weighted by atomic mass is 10.1. The Kier molecular flexibility index (Phi) is 5.84. The van der Waals surface area contributed by atoms with Gasteiger partial charge in [0.25, 0.3) is 5.91 Å². The van der Waals surface area contributed by atoms with E-state index in [-0.39, 0.29) is 11.8 Å². The molecule has 28 heavy (non-hydrogen) atoms. The number of hydrogen-bond donors (Lipinski definition) is 1. The van der Waals surface area contributed by atoms with E-state index in [0.717, 1.165) is 11.3 Å². The van der Waals surface area contributed by atoms with Gasteiger partial charge in [-0.2, -0.15) is 5.10 Å². The van der Waals surface area contributed by atoms with Crippen molar-refractivity contribution in [3.05, 3.63) is 71.7 Å². The maximum absolute atomic E-state index is 12.7. The molecule has 1 N–H and O–H groups in total. The van der Waals surface area contributed by atoms with Gasteiger partial charge in [-0.3, -0.25) is 9.59 Å². The maximum Gasteiger partial charge on any atom is 0.259 e. The smallest absolute Gasteiger partial charge is 0.259 e. The quantitative estimate of drug-likeness (QED) is 0.716. The summed E-state index contributed by atoms with van der Waals surface area (Å²) in [6.45, 7) is 1.98. The van der Waals surface area contributed by atoms with Gasteiger partial charge in [-0.15, -0.1) is 0 Å². The van der Waals surface area contributed by atoms with E-state index < -0.39 is 0 Å². The van der Waals surface area contributed by atoms with Crippen molar-refractivity contribution in [1.82, 2.24) is 19.7 Å². The zero-order valence-corrected chi connectivity index (χ0v) is 16.2. The molecule has 0 bridgehead atoms. The van der Waals surface area contributed by atoms with Crippen LogP contribution in [-0.2, 0) is 17.6 Å². The van der Waals surface area contributed by atoms with Crippen molar-refractivity contribution in [3.8, 4) is 5.82 Å². The molecule has 3 rings (SSSR count). The molecule has 0 radical (unpaired) electrons. The van der Waals surface area contributed by atoms with Gasteiger partial charge in [0.05, 0.1) is 23.9 Å². The van der Waals surface area contributed by atoms with Crippen LogP contribution in [0.15, 0.2) is 54.9 Å². The zero-order valence-electron chi connectivity index (χ0n) is 16.2. The molecule has 1 aromatic carbocycles. The van der Waals surface area contributed by atoms with Crippen LogP contribution in [0.5, 0.6) is 0 Å². The molecule has 144 valence electrons. The summed E-state index contributed by atoms with van der Waals surface area (Å²) in [6, 6.07) is 12.8. The van der Waals surface area contributed by atoms with Crippen LogP contribution in [0.1, 0.15) is 28.5 Å². The number of nitrogens with one attached hydrogen (secondary N) is 1. The van der Waals surface area contributed by atoms with Crippen molar-refractivity contribution in [2.45, 2.75) is 19.8 Å². The number of pyridine rings is 1. The third-order valence-corrected chi connectivity index (χ3v) is 4.38. The number of carbonyl (C=O) groups excluding carboxylic acids is 2. The molecule has 0 unspecified atom stereocenters. The number of amides is 2. The minimum absolute atomic E-state index is 0.0336. The third kappa shape index (κ3) is 4.25. The van der Waals surface area contributed by atoms with Gasteiger partial charge in [0, 0.05) is 26.0 Å². The van der Waals surface area contributed by atoms with E-state index in [2.05, 4.69) is 15.4 Å². The summed E-state index contributed by atoms with van der Waals surface area (Å²) in [5.41, 5.74) is 2.87. The van der Waals surface area contributed by atoms with Gasteiger partial charge in [0.2, 0.25) is 5.91 Å². The molecule has 7 heteroatoms. The minimum atomic E-state index is -0.226. The number of benzene rings is 1. The Labute approximate surface area is 164 Å². The van der Waals surface area contributed by atoms with E-state index in [4.69, 9.17) is 0 Å². The first kappa shape index (κ1) is 19.3. The monoisotopic (exact) mass is 377 g/mol. The highest BCUT2D eigenvalue weighted by Gasteiger charge is 2.18. The number of likely N-dealkylation sites (N-methyl/N-ethyl adjacent to an activating group) is 1. The van der Waals surface area contributed by atoms with Gasteiger partial charge in [0.1, 0.15) is 0 Å². The van der Waals surface area contributed by atoms with Crippen LogP contribution in [-0.4, -0.2) is 45.6 Å². The summed E-state index contributed by atoms with van der Waals surface area (Å²) in [7, 11) is 3.46. The Morgan fingerprint density at radius 1 is 1.11 bits per heavy atom. The minimum Gasteiger partial charge on any atom is -0.349 e. The average molecular weight is 377 g/mol. The molecule has 2 aromatic heterocycles. The fourth-order valence-electron chi connectivity index (χ4n) is 2.82. The summed E-state index contributed by atoms with van der Waals surface area (Å²) in [5.74, 6) is 0.482. The SMILES string of the molecule is CCc1c(C(=O)Nc2ccc(CC(=O)N(C)C)cc2)cnn1-c1ccccn1. The summed E-state index contributed by atoms with van der Waals surface area (Å²) in [6.07, 6.45) is 4.23. The van der Waals surface area contributed by atoms with Crippen molar-refractivity contribution < 1.29 is 9.59 Å². The third-order valence-electron chi connectivity index (χ3n) is 4.38. The first-order valence-electron chi connectivity index (χ1n) is 9.08. The Balaban J connectivity index is 1.75. The number of hydrogen-bond acceptors (Lipinski definition) is 4. The van der Waals surface area contributed by atoms with Crippen LogP contribution < -0.4 is 5.32 Å². The van der Waals surface area contributed by atoms with E-state index in [0.29, 0.717) is 29.9 Å². The number of anilines is 1. The van der Waals surface area contributed by atoms with Crippen molar-refractivity contribution in [2.24, 2.45) is 0 Å². The van der Waals surface area contributed by atoms with Crippen molar-refractivity contribution >= 4 is 17.5 Å². The Morgan fingerprint density at radius 3 is 2.46 bits per heavy atom. The number of rotatable bonds is 6. The standard InChI is InChI=1S/C21H23N5O2/c1-4-18-17(14-23-26(18)19-7-5-6-12-22-19)21(28)24-16-10-8-15(9-11-16)13-20(27)25(2)3/h5-12,14H,4,13H2,1-3H3,(H,24,28). The maximum atomic E-state index is 12.7. The molecule has 2 amide bonds. The normalized spacial score (nSPS) is 10.5. The molecule has 0 aliphatic heterocycles. The molecule has 0 fully saturated rings. The van der Waals surface area contributed by atoms with Crippen LogP contribution in [0.3, 0.4) is 0 Å². The first-order valence-corrected chi connectivity index (χ1v) is 9.08. The van der Waals surface area contributed by atoms with Crippen LogP contribution in [0, 0.1) is 0 Å². The van der Waals surface area contributed by atoms with Gasteiger partial charge in [-0.05, 0) is 36.2 Å². The van der Waals surface area contributed by atoms with Crippen molar-refractivity contribution in [3.63, 3.8) is 0 Å². The highest BCUT2D eigenvalue weighted by molar-refractivity contribution is 6.05. The summed E-state index contributed by atoms with van der Waals surface area (Å²) < 4.78 is 1.69. The van der Waals surface area contributed by atoms with E-state index in [1.807, 2.05) is 37.3 Å². The van der Waals surface area contributed by atoms with Gasteiger partial charge < -0.3 is 10.2 Å². The average Bonchev–Trinajstić information content (AvgIpc) is 3.14. The van der Waals surface area contributed by atoms with E-state index in [9.17, 15) is 9.59 Å². The lowest BCUT2D eigenvalue weighted by Gasteiger charge is -2.11. The van der Waals surface area contributed by atoms with Crippen LogP contribution in [0.25, 0.3) is 5.82 Å². The molecule has 3 aromatic rings. The molecule has 7 nitrogen and oxygen atoms in total. The second kappa shape index (κ2) is 8.47. The lowest BCUT2D eigenvalue weighted by Crippen LogP contribution is -2.23. The predicted octanol–water partition coefficient (Wildman–Crippen LogP) is 2.71.